The Labute approximate surface area is 247 Å². The highest BCUT2D eigenvalue weighted by molar-refractivity contribution is 7.88. The molecule has 0 saturated carbocycles. The lowest BCUT2D eigenvalue weighted by Gasteiger charge is -2.29. The molecule has 224 valence electrons. The fraction of sp³-hybridized carbons (Fsp3) is 0.414. The molecule has 2 aliphatic rings. The van der Waals surface area contributed by atoms with E-state index in [0.717, 1.165) is 18.0 Å². The summed E-state index contributed by atoms with van der Waals surface area (Å²) >= 11 is 5.91. The number of morpholine rings is 1. The second-order valence-electron chi connectivity index (χ2n) is 10.4. The Kier molecular flexibility index (Phi) is 8.99. The van der Waals surface area contributed by atoms with Crippen LogP contribution in [0.1, 0.15) is 27.9 Å². The number of rotatable bonds is 6. The number of aromatic nitrogens is 2. The van der Waals surface area contributed by atoms with Crippen LogP contribution in [0.25, 0.3) is 11.3 Å². The standard InChI is InChI=1S/C29H30ClF3N4O4S/c1-42(39,40)36-11-10-27-25(19-36)28(34-37(27)18-24(38)17-35-12-14-41-15-13-35)22-6-9-26(29(31,32)33)21(16-22)5-2-20-3-7-23(30)8-4-20/h3-4,6-9,16,24,38H,10-15,17-19H2,1H3. The number of hydrogen-bond acceptors (Lipinski definition) is 6. The maximum Gasteiger partial charge on any atom is 0.417 e. The number of fused-ring (bicyclic) bond motifs is 1. The summed E-state index contributed by atoms with van der Waals surface area (Å²) in [5, 5.41) is 16.1. The molecular weight excluding hydrogens is 593 g/mol. The normalized spacial score (nSPS) is 17.4. The van der Waals surface area contributed by atoms with E-state index in [0.29, 0.717) is 66.7 Å². The van der Waals surface area contributed by atoms with Gasteiger partial charge in [0.05, 0.1) is 43.4 Å². The van der Waals surface area contributed by atoms with E-state index in [2.05, 4.69) is 16.7 Å². The molecule has 8 nitrogen and oxygen atoms in total. The molecule has 13 heteroatoms. The molecule has 5 rings (SSSR count). The molecule has 3 aromatic rings. The minimum absolute atomic E-state index is 0.0237. The van der Waals surface area contributed by atoms with Gasteiger partial charge in [0.1, 0.15) is 0 Å². The minimum atomic E-state index is -4.64. The quantitative estimate of drug-likeness (QED) is 0.423. The number of aliphatic hydroxyl groups is 1. The van der Waals surface area contributed by atoms with Crippen molar-refractivity contribution in [2.75, 3.05) is 45.6 Å². The third-order valence-electron chi connectivity index (χ3n) is 7.31. The third kappa shape index (κ3) is 7.16. The highest BCUT2D eigenvalue weighted by Crippen LogP contribution is 2.36. The summed E-state index contributed by atoms with van der Waals surface area (Å²) in [6.45, 7) is 3.41. The van der Waals surface area contributed by atoms with Crippen molar-refractivity contribution in [1.29, 1.82) is 0 Å². The smallest absolute Gasteiger partial charge is 0.390 e. The maximum absolute atomic E-state index is 13.9. The van der Waals surface area contributed by atoms with E-state index in [1.54, 1.807) is 28.9 Å². The predicted molar refractivity (Wildman–Crippen MR) is 152 cm³/mol. The molecule has 0 amide bonds. The molecule has 0 aliphatic carbocycles. The Morgan fingerprint density at radius 2 is 1.79 bits per heavy atom. The van der Waals surface area contributed by atoms with Crippen LogP contribution in [0.4, 0.5) is 13.2 Å². The second-order valence-corrected chi connectivity index (χ2v) is 12.8. The van der Waals surface area contributed by atoms with Crippen LogP contribution in [-0.2, 0) is 40.4 Å². The van der Waals surface area contributed by atoms with E-state index in [-0.39, 0.29) is 25.2 Å². The van der Waals surface area contributed by atoms with Gasteiger partial charge in [0.2, 0.25) is 10.0 Å². The molecule has 1 aromatic heterocycles. The Balaban J connectivity index is 1.54. The first-order valence-electron chi connectivity index (χ1n) is 13.4. The molecule has 1 unspecified atom stereocenters. The van der Waals surface area contributed by atoms with Gasteiger partial charge >= 0.3 is 6.18 Å². The van der Waals surface area contributed by atoms with Crippen LogP contribution >= 0.6 is 11.6 Å². The highest BCUT2D eigenvalue weighted by atomic mass is 35.5. The van der Waals surface area contributed by atoms with Crippen molar-refractivity contribution in [3.63, 3.8) is 0 Å². The fourth-order valence-electron chi connectivity index (χ4n) is 5.19. The largest absolute Gasteiger partial charge is 0.417 e. The summed E-state index contributed by atoms with van der Waals surface area (Å²) in [5.74, 6) is 5.42. The van der Waals surface area contributed by atoms with E-state index in [9.17, 15) is 26.7 Å². The van der Waals surface area contributed by atoms with Gasteiger partial charge in [0.25, 0.3) is 0 Å². The lowest BCUT2D eigenvalue weighted by molar-refractivity contribution is -0.137. The van der Waals surface area contributed by atoms with Crippen molar-refractivity contribution < 1.29 is 31.4 Å². The van der Waals surface area contributed by atoms with E-state index in [1.165, 1.54) is 16.4 Å². The van der Waals surface area contributed by atoms with Crippen LogP contribution in [0.3, 0.4) is 0 Å². The molecule has 0 radical (unpaired) electrons. The summed E-state index contributed by atoms with van der Waals surface area (Å²) in [7, 11) is -3.53. The average molecular weight is 623 g/mol. The molecule has 2 aliphatic heterocycles. The summed E-state index contributed by atoms with van der Waals surface area (Å²) in [4.78, 5) is 2.10. The number of hydrogen-bond donors (Lipinski definition) is 1. The van der Waals surface area contributed by atoms with Crippen LogP contribution in [0.15, 0.2) is 42.5 Å². The van der Waals surface area contributed by atoms with Crippen LogP contribution in [-0.4, -0.2) is 84.3 Å². The van der Waals surface area contributed by atoms with Gasteiger partial charge in [-0.3, -0.25) is 9.58 Å². The van der Waals surface area contributed by atoms with Crippen LogP contribution in [0, 0.1) is 11.8 Å². The first-order valence-corrected chi connectivity index (χ1v) is 15.6. The lowest BCUT2D eigenvalue weighted by atomic mass is 9.97. The summed E-state index contributed by atoms with van der Waals surface area (Å²) in [5.41, 5.74) is 1.46. The zero-order chi connectivity index (χ0) is 30.1. The number of nitrogens with zero attached hydrogens (tertiary/aromatic N) is 4. The average Bonchev–Trinajstić information content (AvgIpc) is 3.29. The lowest BCUT2D eigenvalue weighted by Crippen LogP contribution is -2.42. The Hall–Kier alpha value is -2.92. The number of halogens is 4. The maximum atomic E-state index is 13.9. The molecule has 0 bridgehead atoms. The second kappa shape index (κ2) is 12.4. The highest BCUT2D eigenvalue weighted by Gasteiger charge is 2.35. The number of sulfonamides is 1. The van der Waals surface area contributed by atoms with Gasteiger partial charge in [-0.15, -0.1) is 0 Å². The number of benzene rings is 2. The van der Waals surface area contributed by atoms with Crippen LogP contribution in [0.2, 0.25) is 5.02 Å². The van der Waals surface area contributed by atoms with Crippen molar-refractivity contribution >= 4 is 21.6 Å². The first-order chi connectivity index (χ1) is 19.9. The molecule has 2 aromatic carbocycles. The van der Waals surface area contributed by atoms with Crippen molar-refractivity contribution in [2.45, 2.75) is 31.8 Å². The van der Waals surface area contributed by atoms with Crippen molar-refractivity contribution in [3.05, 3.63) is 75.4 Å². The predicted octanol–water partition coefficient (Wildman–Crippen LogP) is 3.63. The molecular formula is C29H30ClF3N4O4S. The van der Waals surface area contributed by atoms with E-state index in [1.807, 2.05) is 0 Å². The zero-order valence-electron chi connectivity index (χ0n) is 22.9. The Morgan fingerprint density at radius 3 is 2.45 bits per heavy atom. The molecule has 3 heterocycles. The number of alkyl halides is 3. The van der Waals surface area contributed by atoms with E-state index < -0.39 is 27.9 Å². The van der Waals surface area contributed by atoms with Gasteiger partial charge in [-0.2, -0.15) is 22.6 Å². The van der Waals surface area contributed by atoms with E-state index in [4.69, 9.17) is 21.4 Å². The SMILES string of the molecule is CS(=O)(=O)N1CCc2c(c(-c3ccc(C(F)(F)F)c(C#Cc4ccc(Cl)cc4)c3)nn2CC(O)CN2CCOCC2)C1. The van der Waals surface area contributed by atoms with Crippen molar-refractivity contribution in [1.82, 2.24) is 19.0 Å². The molecule has 0 spiro atoms. The third-order valence-corrected chi connectivity index (χ3v) is 8.81. The first kappa shape index (κ1) is 30.5. The topological polar surface area (TPSA) is 87.9 Å². The van der Waals surface area contributed by atoms with Gasteiger partial charge in [-0.25, -0.2) is 8.42 Å². The molecule has 1 N–H and O–H groups in total. The monoisotopic (exact) mass is 622 g/mol. The molecule has 42 heavy (non-hydrogen) atoms. The van der Waals surface area contributed by atoms with Gasteiger partial charge in [0.15, 0.2) is 0 Å². The molecule has 1 fully saturated rings. The van der Waals surface area contributed by atoms with Crippen LogP contribution in [0.5, 0.6) is 0 Å². The number of ether oxygens (including phenoxy) is 1. The zero-order valence-corrected chi connectivity index (χ0v) is 24.4. The minimum Gasteiger partial charge on any atom is -0.390 e. The Morgan fingerprint density at radius 1 is 1.07 bits per heavy atom. The summed E-state index contributed by atoms with van der Waals surface area (Å²) in [6, 6.07) is 10.1. The van der Waals surface area contributed by atoms with Gasteiger partial charge < -0.3 is 9.84 Å². The summed E-state index contributed by atoms with van der Waals surface area (Å²) in [6.07, 6.45) is -3.93. The van der Waals surface area contributed by atoms with Crippen molar-refractivity contribution in [2.24, 2.45) is 0 Å². The number of β-amino-alcohol motifs (C(OH)–C–C–N with tert-alkyl or cyclic N) is 1. The summed E-state index contributed by atoms with van der Waals surface area (Å²) < 4.78 is 74.9. The Bertz CT molecular complexity index is 1610. The van der Waals surface area contributed by atoms with Crippen molar-refractivity contribution in [3.8, 4) is 23.1 Å². The fourth-order valence-corrected chi connectivity index (χ4v) is 6.10. The van der Waals surface area contributed by atoms with Gasteiger partial charge in [-0.05, 0) is 36.4 Å². The van der Waals surface area contributed by atoms with Gasteiger partial charge in [-0.1, -0.05) is 29.5 Å². The molecule has 1 atom stereocenters. The number of aliphatic hydroxyl groups excluding tert-OH is 1. The van der Waals surface area contributed by atoms with E-state index >= 15 is 0 Å². The van der Waals surface area contributed by atoms with Gasteiger partial charge in [0, 0.05) is 72.1 Å². The van der Waals surface area contributed by atoms with Crippen LogP contribution < -0.4 is 0 Å². The molecule has 1 saturated heterocycles.